The number of carbonyl (C=O) groups excluding carboxylic acids is 2. The molecule has 2 aromatic heterocycles. The summed E-state index contributed by atoms with van der Waals surface area (Å²) in [4.78, 5) is 33.1. The Morgan fingerprint density at radius 2 is 1.85 bits per heavy atom. The van der Waals surface area contributed by atoms with Crippen molar-refractivity contribution in [1.82, 2.24) is 19.2 Å². The molecule has 0 unspecified atom stereocenters. The second-order valence-electron chi connectivity index (χ2n) is 7.38. The fourth-order valence-corrected chi connectivity index (χ4v) is 3.95. The number of amides is 2. The highest BCUT2D eigenvalue weighted by atomic mass is 16.5. The van der Waals surface area contributed by atoms with E-state index in [9.17, 15) is 9.59 Å². The summed E-state index contributed by atoms with van der Waals surface area (Å²) in [5.41, 5.74) is 1.54. The maximum atomic E-state index is 12.8. The zero-order chi connectivity index (χ0) is 18.6. The minimum atomic E-state index is 0.0773. The van der Waals surface area contributed by atoms with Gasteiger partial charge in [-0.15, -0.1) is 0 Å². The largest absolute Gasteiger partial charge is 0.378 e. The molecule has 0 spiro atoms. The van der Waals surface area contributed by atoms with Gasteiger partial charge in [-0.2, -0.15) is 0 Å². The van der Waals surface area contributed by atoms with Gasteiger partial charge in [0.15, 0.2) is 0 Å². The van der Waals surface area contributed by atoms with Crippen LogP contribution in [0.25, 0.3) is 5.65 Å². The van der Waals surface area contributed by atoms with Gasteiger partial charge in [-0.1, -0.05) is 0 Å². The second-order valence-corrected chi connectivity index (χ2v) is 7.38. The molecule has 7 heteroatoms. The zero-order valence-electron chi connectivity index (χ0n) is 15.5. The van der Waals surface area contributed by atoms with Gasteiger partial charge in [-0.25, -0.2) is 4.98 Å². The Labute approximate surface area is 158 Å². The highest BCUT2D eigenvalue weighted by Crippen LogP contribution is 2.23. The number of ether oxygens (including phenoxy) is 1. The van der Waals surface area contributed by atoms with Crippen molar-refractivity contribution < 1.29 is 14.3 Å². The molecule has 0 N–H and O–H groups in total. The van der Waals surface area contributed by atoms with Gasteiger partial charge >= 0.3 is 0 Å². The first-order valence-corrected chi connectivity index (χ1v) is 9.78. The molecule has 2 fully saturated rings. The van der Waals surface area contributed by atoms with Crippen molar-refractivity contribution in [3.05, 3.63) is 36.3 Å². The first kappa shape index (κ1) is 18.0. The Bertz CT molecular complexity index is 804. The van der Waals surface area contributed by atoms with Crippen molar-refractivity contribution in [1.29, 1.82) is 0 Å². The highest BCUT2D eigenvalue weighted by molar-refractivity contribution is 5.94. The van der Waals surface area contributed by atoms with Crippen molar-refractivity contribution in [2.45, 2.75) is 25.7 Å². The third-order valence-corrected chi connectivity index (χ3v) is 5.67. The number of likely N-dealkylation sites (tertiary alicyclic amines) is 1. The van der Waals surface area contributed by atoms with Crippen molar-refractivity contribution in [2.24, 2.45) is 5.92 Å². The number of morpholine rings is 1. The van der Waals surface area contributed by atoms with Crippen molar-refractivity contribution in [2.75, 3.05) is 39.4 Å². The Kier molecular flexibility index (Phi) is 5.38. The lowest BCUT2D eigenvalue weighted by atomic mass is 9.91. The fraction of sp³-hybridized carbons (Fsp3) is 0.550. The normalized spacial score (nSPS) is 18.8. The molecule has 2 saturated heterocycles. The lowest BCUT2D eigenvalue weighted by Crippen LogP contribution is -2.41. The first-order chi connectivity index (χ1) is 13.2. The van der Waals surface area contributed by atoms with E-state index in [1.165, 1.54) is 0 Å². The number of nitrogens with zero attached hydrogens (tertiary/aromatic N) is 4. The molecule has 2 aromatic rings. The van der Waals surface area contributed by atoms with Crippen LogP contribution in [0.5, 0.6) is 0 Å². The van der Waals surface area contributed by atoms with E-state index in [1.807, 2.05) is 38.7 Å². The lowest BCUT2D eigenvalue weighted by molar-refractivity contribution is -0.135. The molecule has 0 radical (unpaired) electrons. The average molecular weight is 370 g/mol. The average Bonchev–Trinajstić information content (AvgIpc) is 3.20. The molecule has 4 rings (SSSR count). The Balaban J connectivity index is 1.25. The van der Waals surface area contributed by atoms with Crippen LogP contribution in [0, 0.1) is 5.92 Å². The van der Waals surface area contributed by atoms with Gasteiger partial charge in [0, 0.05) is 51.2 Å². The minimum Gasteiger partial charge on any atom is -0.378 e. The first-order valence-electron chi connectivity index (χ1n) is 9.78. The number of pyridine rings is 1. The lowest BCUT2D eigenvalue weighted by Gasteiger charge is -2.33. The van der Waals surface area contributed by atoms with Crippen LogP contribution in [0.1, 0.15) is 36.0 Å². The van der Waals surface area contributed by atoms with Gasteiger partial charge in [0.05, 0.1) is 18.8 Å². The summed E-state index contributed by atoms with van der Waals surface area (Å²) in [5, 5.41) is 0. The van der Waals surface area contributed by atoms with Gasteiger partial charge in [0.2, 0.25) is 5.91 Å². The number of rotatable bonds is 4. The van der Waals surface area contributed by atoms with E-state index in [4.69, 9.17) is 4.74 Å². The highest BCUT2D eigenvalue weighted by Gasteiger charge is 2.25. The maximum absolute atomic E-state index is 12.8. The van der Waals surface area contributed by atoms with Crippen molar-refractivity contribution >= 4 is 17.5 Å². The number of hydrogen-bond acceptors (Lipinski definition) is 4. The van der Waals surface area contributed by atoms with Crippen LogP contribution in [0.15, 0.2) is 30.7 Å². The van der Waals surface area contributed by atoms with E-state index in [0.717, 1.165) is 38.0 Å². The van der Waals surface area contributed by atoms with E-state index in [-0.39, 0.29) is 11.8 Å². The van der Waals surface area contributed by atoms with Crippen LogP contribution < -0.4 is 0 Å². The van der Waals surface area contributed by atoms with Crippen LogP contribution in [0.3, 0.4) is 0 Å². The van der Waals surface area contributed by atoms with Crippen molar-refractivity contribution in [3.63, 3.8) is 0 Å². The monoisotopic (exact) mass is 370 g/mol. The van der Waals surface area contributed by atoms with Crippen LogP contribution >= 0.6 is 0 Å². The fourth-order valence-electron chi connectivity index (χ4n) is 3.95. The predicted octanol–water partition coefficient (Wildman–Crippen LogP) is 1.83. The molecule has 2 aliphatic heterocycles. The molecule has 0 bridgehead atoms. The van der Waals surface area contributed by atoms with E-state index in [2.05, 4.69) is 4.98 Å². The summed E-state index contributed by atoms with van der Waals surface area (Å²) in [6.07, 6.45) is 8.88. The number of aromatic nitrogens is 2. The molecule has 144 valence electrons. The number of hydrogen-bond donors (Lipinski definition) is 0. The number of piperidine rings is 1. The SMILES string of the molecule is O=C(CCC1CCN(C(=O)c2ccc3nccn3c2)CC1)N1CCOCC1. The topological polar surface area (TPSA) is 67.2 Å². The summed E-state index contributed by atoms with van der Waals surface area (Å²) in [6, 6.07) is 3.72. The standard InChI is InChI=1S/C20H26N4O3/c25-19(22-11-13-27-14-12-22)4-1-16-5-8-23(9-6-16)20(26)17-2-3-18-21-7-10-24(18)15-17/h2-3,7,10,15-16H,1,4-6,8-9,11-14H2. The summed E-state index contributed by atoms with van der Waals surface area (Å²) >= 11 is 0. The number of fused-ring (bicyclic) bond motifs is 1. The van der Waals surface area contributed by atoms with Gasteiger partial charge in [-0.05, 0) is 37.3 Å². The summed E-state index contributed by atoms with van der Waals surface area (Å²) in [7, 11) is 0. The smallest absolute Gasteiger partial charge is 0.255 e. The summed E-state index contributed by atoms with van der Waals surface area (Å²) < 4.78 is 7.17. The van der Waals surface area contributed by atoms with E-state index in [0.29, 0.717) is 44.2 Å². The van der Waals surface area contributed by atoms with E-state index in [1.54, 1.807) is 6.20 Å². The predicted molar refractivity (Wildman–Crippen MR) is 100 cm³/mol. The van der Waals surface area contributed by atoms with E-state index < -0.39 is 0 Å². The molecule has 2 amide bonds. The minimum absolute atomic E-state index is 0.0773. The molecule has 4 heterocycles. The molecule has 7 nitrogen and oxygen atoms in total. The third kappa shape index (κ3) is 4.13. The van der Waals surface area contributed by atoms with E-state index >= 15 is 0 Å². The van der Waals surface area contributed by atoms with Gasteiger partial charge < -0.3 is 18.9 Å². The Morgan fingerprint density at radius 3 is 2.63 bits per heavy atom. The maximum Gasteiger partial charge on any atom is 0.255 e. The molecule has 0 atom stereocenters. The zero-order valence-corrected chi connectivity index (χ0v) is 15.5. The van der Waals surface area contributed by atoms with Crippen LogP contribution in [0.4, 0.5) is 0 Å². The summed E-state index contributed by atoms with van der Waals surface area (Å²) in [6.45, 7) is 4.25. The molecular formula is C20H26N4O3. The van der Waals surface area contributed by atoms with Crippen LogP contribution in [0.2, 0.25) is 0 Å². The molecule has 2 aliphatic rings. The third-order valence-electron chi connectivity index (χ3n) is 5.67. The number of carbonyl (C=O) groups is 2. The van der Waals surface area contributed by atoms with Crippen LogP contribution in [-0.2, 0) is 9.53 Å². The number of imidazole rings is 1. The molecule has 27 heavy (non-hydrogen) atoms. The molecular weight excluding hydrogens is 344 g/mol. The Morgan fingerprint density at radius 1 is 1.07 bits per heavy atom. The van der Waals surface area contributed by atoms with Gasteiger partial charge in [-0.3, -0.25) is 9.59 Å². The summed E-state index contributed by atoms with van der Waals surface area (Å²) in [5.74, 6) is 0.842. The Hall–Kier alpha value is -2.41. The molecule has 0 aliphatic carbocycles. The molecule has 0 aromatic carbocycles. The van der Waals surface area contributed by atoms with Gasteiger partial charge in [0.1, 0.15) is 5.65 Å². The van der Waals surface area contributed by atoms with Crippen LogP contribution in [-0.4, -0.2) is 70.4 Å². The molecule has 0 saturated carbocycles. The second kappa shape index (κ2) is 8.08. The quantitative estimate of drug-likeness (QED) is 0.823. The van der Waals surface area contributed by atoms with Gasteiger partial charge in [0.25, 0.3) is 5.91 Å². The van der Waals surface area contributed by atoms with Crippen molar-refractivity contribution in [3.8, 4) is 0 Å².